The van der Waals surface area contributed by atoms with Gasteiger partial charge in [-0.15, -0.1) is 11.8 Å². The van der Waals surface area contributed by atoms with Crippen LogP contribution in [0.1, 0.15) is 36.1 Å². The van der Waals surface area contributed by atoms with Gasteiger partial charge in [-0.3, -0.25) is 0 Å². The van der Waals surface area contributed by atoms with Gasteiger partial charge in [0.1, 0.15) is 0 Å². The van der Waals surface area contributed by atoms with Gasteiger partial charge in [-0.25, -0.2) is 0 Å². The van der Waals surface area contributed by atoms with Crippen LogP contribution in [0.4, 0.5) is 0 Å². The molecule has 9 heavy (non-hydrogen) atoms. The number of thioether (sulfide) groups is 1. The number of hydrogen-bond donors (Lipinski definition) is 0. The van der Waals surface area contributed by atoms with Crippen LogP contribution in [-0.4, -0.2) is 9.95 Å². The van der Waals surface area contributed by atoms with Gasteiger partial charge in [-0.2, -0.15) is 0 Å². The summed E-state index contributed by atoms with van der Waals surface area (Å²) in [6, 6.07) is 0. The smallest absolute Gasteiger partial charge is 0.0447 e. The maximum absolute atomic E-state index is 4.76. The second kappa shape index (κ2) is 15.8. The van der Waals surface area contributed by atoms with Gasteiger partial charge in [0.15, 0.2) is 0 Å². The van der Waals surface area contributed by atoms with Crippen LogP contribution in [0.2, 0.25) is 0 Å². The van der Waals surface area contributed by atoms with Crippen LogP contribution in [0.3, 0.4) is 0 Å². The van der Waals surface area contributed by atoms with Crippen molar-refractivity contribution in [3.05, 3.63) is 0 Å². The van der Waals surface area contributed by atoms with E-state index >= 15 is 0 Å². The lowest BCUT2D eigenvalue weighted by Crippen LogP contribution is -1.74. The van der Waals surface area contributed by atoms with Gasteiger partial charge in [-0.05, 0) is 12.7 Å². The van der Waals surface area contributed by atoms with E-state index in [2.05, 4.69) is 6.92 Å². The molecule has 0 heterocycles. The second-order valence-electron chi connectivity index (χ2n) is 0.925. The highest BCUT2D eigenvalue weighted by Gasteiger charge is 1.78. The van der Waals surface area contributed by atoms with Crippen molar-refractivity contribution in [2.45, 2.75) is 36.1 Å². The quantitative estimate of drug-likeness (QED) is 0.543. The van der Waals surface area contributed by atoms with Crippen LogP contribution in [0.15, 0.2) is 0 Å². The summed E-state index contributed by atoms with van der Waals surface area (Å²) in [7, 11) is 0. The minimum atomic E-state index is 0. The molecule has 0 aromatic carbocycles. The Morgan fingerprint density at radius 1 is 1.33 bits per heavy atom. The van der Waals surface area contributed by atoms with Crippen molar-refractivity contribution >= 4 is 28.2 Å². The zero-order valence-electron chi connectivity index (χ0n) is 4.02. The van der Waals surface area contributed by atoms with Gasteiger partial charge in [0.25, 0.3) is 0 Å². The monoisotopic (exact) mass is 168 g/mol. The molecule has 0 unspecified atom stereocenters. The first-order chi connectivity index (χ1) is 2.77. The third-order valence-electron chi connectivity index (χ3n) is 0.348. The van der Waals surface area contributed by atoms with E-state index in [0.717, 1.165) is 9.95 Å². The summed E-state index contributed by atoms with van der Waals surface area (Å²) in [5.41, 5.74) is 0. The molecule has 0 aliphatic carbocycles. The van der Waals surface area contributed by atoms with Gasteiger partial charge >= 0.3 is 0 Å². The lowest BCUT2D eigenvalue weighted by molar-refractivity contribution is 1.54. The summed E-state index contributed by atoms with van der Waals surface area (Å²) in [4.78, 5) is 0. The molecular formula is C7H20S2. The van der Waals surface area contributed by atoms with E-state index in [1.54, 1.807) is 11.8 Å². The van der Waals surface area contributed by atoms with Crippen molar-refractivity contribution in [2.24, 2.45) is 0 Å². The Kier molecular flexibility index (Phi) is 39.9. The first-order valence-corrected chi connectivity index (χ1v) is 3.30. The Labute approximate surface area is 70.4 Å². The highest BCUT2D eigenvalue weighted by molar-refractivity contribution is 8.23. The third-order valence-corrected chi connectivity index (χ3v) is 1.40. The fourth-order valence-corrected chi connectivity index (χ4v) is 0.963. The molecule has 0 atom stereocenters. The summed E-state index contributed by atoms with van der Waals surface area (Å²) >= 11 is 6.48. The molecule has 0 radical (unpaired) electrons. The number of rotatable bonds is 1. The predicted molar refractivity (Wildman–Crippen MR) is 56.6 cm³/mol. The molecule has 0 N–H and O–H groups in total. The highest BCUT2D eigenvalue weighted by Crippen LogP contribution is 1.99. The molecule has 0 saturated heterocycles. The zero-order chi connectivity index (χ0) is 4.99. The zero-order valence-corrected chi connectivity index (χ0v) is 5.66. The van der Waals surface area contributed by atoms with Gasteiger partial charge in [0, 0.05) is 4.20 Å². The molecule has 0 nitrogen and oxygen atoms in total. The number of hydrogen-bond acceptors (Lipinski definition) is 2. The molecule has 0 amide bonds. The fourth-order valence-electron chi connectivity index (χ4n) is 0.203. The standard InChI is InChI=1S/C4H8S2.3CH4/c1-3-6-4(2)5;;;/h3H2,1-2H3;3*1H4. The molecule has 0 spiro atoms. The summed E-state index contributed by atoms with van der Waals surface area (Å²) in [6.07, 6.45) is 0. The van der Waals surface area contributed by atoms with Gasteiger partial charge in [-0.1, -0.05) is 41.4 Å². The maximum Gasteiger partial charge on any atom is 0.0447 e. The normalized spacial score (nSPS) is 5.56. The molecule has 0 aliphatic rings. The van der Waals surface area contributed by atoms with E-state index < -0.39 is 0 Å². The molecule has 0 fully saturated rings. The van der Waals surface area contributed by atoms with Crippen LogP contribution in [0.5, 0.6) is 0 Å². The summed E-state index contributed by atoms with van der Waals surface area (Å²) in [5.74, 6) is 1.11. The Morgan fingerprint density at radius 2 is 1.67 bits per heavy atom. The molecular weight excluding hydrogens is 148 g/mol. The van der Waals surface area contributed by atoms with Gasteiger partial charge < -0.3 is 0 Å². The fraction of sp³-hybridized carbons (Fsp3) is 0.857. The first-order valence-electron chi connectivity index (χ1n) is 1.90. The first kappa shape index (κ1) is 22.7. The van der Waals surface area contributed by atoms with Gasteiger partial charge in [0.2, 0.25) is 0 Å². The van der Waals surface area contributed by atoms with Crippen molar-refractivity contribution in [3.63, 3.8) is 0 Å². The molecule has 60 valence electrons. The molecule has 0 aromatic rings. The van der Waals surface area contributed by atoms with E-state index in [1.807, 2.05) is 6.92 Å². The van der Waals surface area contributed by atoms with Crippen LogP contribution in [-0.2, 0) is 0 Å². The van der Waals surface area contributed by atoms with Crippen LogP contribution >= 0.6 is 24.0 Å². The van der Waals surface area contributed by atoms with E-state index in [1.165, 1.54) is 0 Å². The van der Waals surface area contributed by atoms with Crippen molar-refractivity contribution in [2.75, 3.05) is 5.75 Å². The van der Waals surface area contributed by atoms with E-state index in [9.17, 15) is 0 Å². The Morgan fingerprint density at radius 3 is 1.67 bits per heavy atom. The lowest BCUT2D eigenvalue weighted by Gasteiger charge is -1.84. The van der Waals surface area contributed by atoms with Crippen LogP contribution < -0.4 is 0 Å². The summed E-state index contributed by atoms with van der Waals surface area (Å²) in [5, 5.41) is 0. The topological polar surface area (TPSA) is 0 Å². The SMILES string of the molecule is C.C.C.CCSC(C)=S. The predicted octanol–water partition coefficient (Wildman–Crippen LogP) is 4.00. The second-order valence-corrected chi connectivity index (χ2v) is 3.27. The van der Waals surface area contributed by atoms with Crippen molar-refractivity contribution in [1.82, 2.24) is 0 Å². The molecule has 0 rings (SSSR count). The van der Waals surface area contributed by atoms with Gasteiger partial charge in [0.05, 0.1) is 0 Å². The summed E-state index contributed by atoms with van der Waals surface area (Å²) in [6.45, 7) is 4.05. The van der Waals surface area contributed by atoms with E-state index in [0.29, 0.717) is 0 Å². The minimum Gasteiger partial charge on any atom is -0.120 e. The van der Waals surface area contributed by atoms with Crippen molar-refractivity contribution in [1.29, 1.82) is 0 Å². The Hall–Kier alpha value is 0.440. The average Bonchev–Trinajstić information content (AvgIpc) is 1.35. The maximum atomic E-state index is 4.76. The average molecular weight is 168 g/mol. The van der Waals surface area contributed by atoms with E-state index in [4.69, 9.17) is 12.2 Å². The number of thiocarbonyl (C=S) groups is 1. The molecule has 0 saturated carbocycles. The lowest BCUT2D eigenvalue weighted by atomic mass is 11.0. The molecule has 0 aliphatic heterocycles. The molecule has 0 bridgehead atoms. The van der Waals surface area contributed by atoms with Crippen LogP contribution in [0.25, 0.3) is 0 Å². The molecule has 0 aromatic heterocycles. The molecule has 2 heteroatoms. The van der Waals surface area contributed by atoms with E-state index in [-0.39, 0.29) is 22.3 Å². The van der Waals surface area contributed by atoms with Crippen molar-refractivity contribution < 1.29 is 0 Å². The Bertz CT molecular complexity index is 50.9. The third kappa shape index (κ3) is 29.6. The highest BCUT2D eigenvalue weighted by atomic mass is 32.2. The minimum absolute atomic E-state index is 0. The van der Waals surface area contributed by atoms with Crippen molar-refractivity contribution in [3.8, 4) is 0 Å². The summed E-state index contributed by atoms with van der Waals surface area (Å²) < 4.78 is 1.04. The largest absolute Gasteiger partial charge is 0.120 e. The van der Waals surface area contributed by atoms with Crippen LogP contribution in [0, 0.1) is 0 Å². The Balaban J connectivity index is -0.0000000417.